The lowest BCUT2D eigenvalue weighted by molar-refractivity contribution is -0.125. The Kier molecular flexibility index (Phi) is 8.19. The van der Waals surface area contributed by atoms with Crippen LogP contribution in [0, 0.1) is 5.92 Å². The first kappa shape index (κ1) is 18.1. The summed E-state index contributed by atoms with van der Waals surface area (Å²) >= 11 is 0. The van der Waals surface area contributed by atoms with Gasteiger partial charge in [-0.3, -0.25) is 9.59 Å². The zero-order chi connectivity index (χ0) is 16.4. The number of Topliss-reactive ketones (excluding diaryl/α,β-unsaturated/α-hetero) is 1. The topological polar surface area (TPSA) is 46.2 Å². The van der Waals surface area contributed by atoms with Crippen LogP contribution in [-0.4, -0.2) is 17.7 Å². The highest BCUT2D eigenvalue weighted by molar-refractivity contribution is 5.93. The van der Waals surface area contributed by atoms with Gasteiger partial charge in [-0.2, -0.15) is 0 Å². The van der Waals surface area contributed by atoms with Gasteiger partial charge >= 0.3 is 0 Å². The minimum Gasteiger partial charge on any atom is -0.343 e. The Balaban J connectivity index is 2.56. The first-order chi connectivity index (χ1) is 10.5. The predicted molar refractivity (Wildman–Crippen MR) is 90.6 cm³/mol. The van der Waals surface area contributed by atoms with Crippen LogP contribution >= 0.6 is 0 Å². The summed E-state index contributed by atoms with van der Waals surface area (Å²) in [5.41, 5.74) is 1.18. The summed E-state index contributed by atoms with van der Waals surface area (Å²) in [4.78, 5) is 23.9. The molecule has 0 aliphatic heterocycles. The number of nitrogens with one attached hydrogen (secondary N) is 1. The van der Waals surface area contributed by atoms with Gasteiger partial charge in [-0.25, -0.2) is 0 Å². The molecule has 1 aromatic carbocycles. The Morgan fingerprint density at radius 1 is 1.18 bits per heavy atom. The van der Waals surface area contributed by atoms with Crippen molar-refractivity contribution in [1.82, 2.24) is 5.32 Å². The van der Waals surface area contributed by atoms with Crippen LogP contribution in [0.2, 0.25) is 0 Å². The number of benzene rings is 1. The minimum absolute atomic E-state index is 0.117. The molecule has 1 rings (SSSR count). The van der Waals surface area contributed by atoms with Crippen LogP contribution in [-0.2, 0) is 16.0 Å². The van der Waals surface area contributed by atoms with E-state index in [4.69, 9.17) is 0 Å². The van der Waals surface area contributed by atoms with Crippen LogP contribution in [0.25, 0.3) is 0 Å². The first-order valence-electron chi connectivity index (χ1n) is 8.02. The van der Waals surface area contributed by atoms with Gasteiger partial charge in [0, 0.05) is 6.42 Å². The van der Waals surface area contributed by atoms with Gasteiger partial charge < -0.3 is 5.32 Å². The molecule has 1 N–H and O–H groups in total. The van der Waals surface area contributed by atoms with Crippen LogP contribution in [0.15, 0.2) is 43.0 Å². The Labute approximate surface area is 133 Å². The number of amides is 1. The quantitative estimate of drug-likeness (QED) is 0.670. The number of rotatable bonds is 10. The van der Waals surface area contributed by atoms with E-state index in [1.807, 2.05) is 30.3 Å². The van der Waals surface area contributed by atoms with Crippen LogP contribution in [0.3, 0.4) is 0 Å². The summed E-state index contributed by atoms with van der Waals surface area (Å²) in [5.74, 6) is 0.431. The molecule has 22 heavy (non-hydrogen) atoms. The summed E-state index contributed by atoms with van der Waals surface area (Å²) in [6, 6.07) is 9.59. The van der Waals surface area contributed by atoms with E-state index in [2.05, 4.69) is 25.7 Å². The molecule has 0 saturated heterocycles. The molecule has 120 valence electrons. The van der Waals surface area contributed by atoms with Crippen LogP contribution in [0.4, 0.5) is 0 Å². The Morgan fingerprint density at radius 3 is 2.45 bits per heavy atom. The zero-order valence-corrected chi connectivity index (χ0v) is 13.7. The third-order valence-electron chi connectivity index (χ3n) is 3.66. The van der Waals surface area contributed by atoms with Crippen molar-refractivity contribution < 1.29 is 9.59 Å². The number of carbonyl (C=O) groups excluding carboxylic acids is 2. The maximum absolute atomic E-state index is 12.3. The van der Waals surface area contributed by atoms with Crippen LogP contribution < -0.4 is 5.32 Å². The molecule has 1 aromatic rings. The lowest BCUT2D eigenvalue weighted by Gasteiger charge is -2.17. The van der Waals surface area contributed by atoms with E-state index in [0.29, 0.717) is 18.8 Å². The van der Waals surface area contributed by atoms with Crippen LogP contribution in [0.5, 0.6) is 0 Å². The monoisotopic (exact) mass is 301 g/mol. The number of aryl methyl sites for hydroxylation is 1. The summed E-state index contributed by atoms with van der Waals surface area (Å²) in [6.45, 7) is 7.75. The number of hydrogen-bond donors (Lipinski definition) is 1. The molecule has 0 aliphatic rings. The molecule has 1 amide bonds. The zero-order valence-electron chi connectivity index (χ0n) is 13.7. The van der Waals surface area contributed by atoms with Crippen molar-refractivity contribution in [3.63, 3.8) is 0 Å². The van der Waals surface area contributed by atoms with Gasteiger partial charge in [-0.1, -0.05) is 57.2 Å². The summed E-state index contributed by atoms with van der Waals surface area (Å²) in [5, 5.41) is 2.77. The van der Waals surface area contributed by atoms with Gasteiger partial charge in [0.15, 0.2) is 5.78 Å². The number of hydrogen-bond acceptors (Lipinski definition) is 2. The third kappa shape index (κ3) is 7.21. The lowest BCUT2D eigenvalue weighted by Crippen LogP contribution is -2.40. The van der Waals surface area contributed by atoms with E-state index in [1.54, 1.807) is 0 Å². The highest BCUT2D eigenvalue weighted by Crippen LogP contribution is 2.11. The molecule has 0 saturated carbocycles. The largest absolute Gasteiger partial charge is 0.343 e. The molecule has 0 aliphatic carbocycles. The van der Waals surface area contributed by atoms with Gasteiger partial charge in [0.25, 0.3) is 0 Å². The van der Waals surface area contributed by atoms with Crippen molar-refractivity contribution in [3.05, 3.63) is 48.6 Å². The van der Waals surface area contributed by atoms with Crippen molar-refractivity contribution >= 4 is 11.7 Å². The molecule has 0 heterocycles. The van der Waals surface area contributed by atoms with Crippen molar-refractivity contribution in [2.75, 3.05) is 0 Å². The second-order valence-electron chi connectivity index (χ2n) is 6.04. The average Bonchev–Trinajstić information content (AvgIpc) is 2.51. The van der Waals surface area contributed by atoms with Crippen molar-refractivity contribution in [1.29, 1.82) is 0 Å². The van der Waals surface area contributed by atoms with Crippen molar-refractivity contribution in [3.8, 4) is 0 Å². The predicted octanol–water partition coefficient (Wildman–Crippen LogP) is 3.69. The smallest absolute Gasteiger partial charge is 0.243 e. The van der Waals surface area contributed by atoms with E-state index < -0.39 is 6.04 Å². The van der Waals surface area contributed by atoms with Crippen molar-refractivity contribution in [2.45, 2.75) is 52.0 Å². The van der Waals surface area contributed by atoms with Gasteiger partial charge in [-0.15, -0.1) is 0 Å². The minimum atomic E-state index is -0.419. The standard InChI is InChI=1S/C19H27NO2/c1-4-19(22)20-17(18(21)12-8-9-15(2)3)14-13-16-10-6-5-7-11-16/h4-7,10-11,15,17H,1,8-9,12-14H2,2-3H3,(H,20,22)/t17-/m0/s1. The number of ketones is 1. The molecular formula is C19H27NO2. The summed E-state index contributed by atoms with van der Waals surface area (Å²) in [6.07, 6.45) is 5.06. The average molecular weight is 301 g/mol. The lowest BCUT2D eigenvalue weighted by atomic mass is 9.97. The van der Waals surface area contributed by atoms with Crippen LogP contribution in [0.1, 0.15) is 45.1 Å². The van der Waals surface area contributed by atoms with Crippen molar-refractivity contribution in [2.24, 2.45) is 5.92 Å². The number of carbonyl (C=O) groups is 2. The molecule has 0 bridgehead atoms. The molecule has 0 fully saturated rings. The molecule has 3 heteroatoms. The Hall–Kier alpha value is -1.90. The molecule has 1 atom stereocenters. The highest BCUT2D eigenvalue weighted by Gasteiger charge is 2.19. The molecule has 3 nitrogen and oxygen atoms in total. The normalized spacial score (nSPS) is 12.0. The van der Waals surface area contributed by atoms with E-state index in [0.717, 1.165) is 19.3 Å². The second-order valence-corrected chi connectivity index (χ2v) is 6.04. The molecular weight excluding hydrogens is 274 g/mol. The van der Waals surface area contributed by atoms with E-state index in [-0.39, 0.29) is 11.7 Å². The summed E-state index contributed by atoms with van der Waals surface area (Å²) in [7, 11) is 0. The van der Waals surface area contributed by atoms with Gasteiger partial charge in [0.1, 0.15) is 0 Å². The molecule has 0 unspecified atom stereocenters. The molecule has 0 radical (unpaired) electrons. The van der Waals surface area contributed by atoms with Gasteiger partial charge in [0.2, 0.25) is 5.91 Å². The van der Waals surface area contributed by atoms with E-state index in [9.17, 15) is 9.59 Å². The van der Waals surface area contributed by atoms with E-state index >= 15 is 0 Å². The second kappa shape index (κ2) is 9.93. The molecule has 0 spiro atoms. The van der Waals surface area contributed by atoms with E-state index in [1.165, 1.54) is 11.6 Å². The maximum Gasteiger partial charge on any atom is 0.243 e. The van der Waals surface area contributed by atoms with Gasteiger partial charge in [0.05, 0.1) is 6.04 Å². The SMILES string of the molecule is C=CC(=O)N[C@@H](CCc1ccccc1)C(=O)CCCC(C)C. The fraction of sp³-hybridized carbons (Fsp3) is 0.474. The van der Waals surface area contributed by atoms with Gasteiger partial charge in [-0.05, 0) is 36.8 Å². The fourth-order valence-corrected chi connectivity index (χ4v) is 2.36. The Morgan fingerprint density at radius 2 is 1.86 bits per heavy atom. The highest BCUT2D eigenvalue weighted by atomic mass is 16.2. The maximum atomic E-state index is 12.3. The summed E-state index contributed by atoms with van der Waals surface area (Å²) < 4.78 is 0. The fourth-order valence-electron chi connectivity index (χ4n) is 2.36. The third-order valence-corrected chi connectivity index (χ3v) is 3.66. The molecule has 0 aromatic heterocycles. The first-order valence-corrected chi connectivity index (χ1v) is 8.02. The Bertz CT molecular complexity index is 479.